The molecule has 2 N–H and O–H groups in total. The molecule has 0 unspecified atom stereocenters. The Morgan fingerprint density at radius 2 is 2.00 bits per heavy atom. The first-order valence-electron chi connectivity index (χ1n) is 7.69. The van der Waals surface area contributed by atoms with E-state index in [4.69, 9.17) is 0 Å². The van der Waals surface area contributed by atoms with Crippen molar-refractivity contribution in [1.29, 1.82) is 0 Å². The van der Waals surface area contributed by atoms with Gasteiger partial charge < -0.3 is 15.4 Å². The molecule has 1 aromatic carbocycles. The molecule has 2 amide bonds. The Hall–Kier alpha value is -2.90. The number of urea groups is 1. The summed E-state index contributed by atoms with van der Waals surface area (Å²) >= 11 is 0. The zero-order valence-electron chi connectivity index (χ0n) is 14.6. The smallest absolute Gasteiger partial charge is 0.319 e. The van der Waals surface area contributed by atoms with E-state index in [-0.39, 0.29) is 6.54 Å². The fourth-order valence-electron chi connectivity index (χ4n) is 2.21. The highest BCUT2D eigenvalue weighted by Gasteiger charge is 2.29. The predicted octanol–water partition coefficient (Wildman–Crippen LogP) is 2.64. The van der Waals surface area contributed by atoms with Crippen molar-refractivity contribution < 1.29 is 18.7 Å². The monoisotopic (exact) mass is 348 g/mol. The van der Waals surface area contributed by atoms with E-state index in [0.717, 1.165) is 0 Å². The number of anilines is 1. The number of amides is 2. The van der Waals surface area contributed by atoms with Crippen molar-refractivity contribution in [3.05, 3.63) is 42.0 Å². The first-order valence-corrected chi connectivity index (χ1v) is 7.69. The summed E-state index contributed by atoms with van der Waals surface area (Å²) in [6, 6.07) is 5.73. The zero-order chi connectivity index (χ0) is 18.6. The molecule has 0 bridgehead atoms. The maximum absolute atomic E-state index is 13.9. The Morgan fingerprint density at radius 1 is 1.32 bits per heavy atom. The average Bonchev–Trinajstić information content (AvgIpc) is 2.93. The van der Waals surface area contributed by atoms with Crippen molar-refractivity contribution in [2.75, 3.05) is 19.0 Å². The van der Waals surface area contributed by atoms with E-state index in [2.05, 4.69) is 20.5 Å². The fraction of sp³-hybridized carbons (Fsp3) is 0.353. The van der Waals surface area contributed by atoms with Crippen LogP contribution >= 0.6 is 0 Å². The third-order valence-corrected chi connectivity index (χ3v) is 3.77. The van der Waals surface area contributed by atoms with Crippen LogP contribution in [0.3, 0.4) is 0 Å². The third-order valence-electron chi connectivity index (χ3n) is 3.77. The number of para-hydroxylation sites is 1. The average molecular weight is 348 g/mol. The number of hydrogen-bond donors (Lipinski definition) is 2. The molecule has 25 heavy (non-hydrogen) atoms. The van der Waals surface area contributed by atoms with Crippen LogP contribution in [0.4, 0.5) is 14.9 Å². The minimum absolute atomic E-state index is 0.103. The number of nitrogens with one attached hydrogen (secondary N) is 2. The second-order valence-electron chi connectivity index (χ2n) is 6.19. The van der Waals surface area contributed by atoms with Gasteiger partial charge in [0, 0.05) is 6.54 Å². The maximum atomic E-state index is 13.9. The summed E-state index contributed by atoms with van der Waals surface area (Å²) < 4.78 is 20.0. The predicted molar refractivity (Wildman–Crippen MR) is 91.1 cm³/mol. The highest BCUT2D eigenvalue weighted by molar-refractivity contribution is 5.90. The zero-order valence-corrected chi connectivity index (χ0v) is 14.6. The highest BCUT2D eigenvalue weighted by atomic mass is 19.1. The first kappa shape index (κ1) is 18.4. The van der Waals surface area contributed by atoms with Gasteiger partial charge in [0.25, 0.3) is 0 Å². The number of carbonyl (C=O) groups excluding carboxylic acids is 2. The standard InChI is InChI=1S/C17H21FN4O3/c1-11-13(9-20-22(11)14-8-6-5-7-12(14)18)21-16(24)19-10-17(2,3)15(23)25-4/h5-9H,10H2,1-4H3,(H2,19,21,24). The summed E-state index contributed by atoms with van der Waals surface area (Å²) in [4.78, 5) is 23.7. The van der Waals surface area contributed by atoms with Crippen LogP contribution in [0, 0.1) is 18.2 Å². The van der Waals surface area contributed by atoms with Crippen LogP contribution < -0.4 is 10.6 Å². The second kappa shape index (κ2) is 7.33. The quantitative estimate of drug-likeness (QED) is 0.814. The molecule has 0 atom stereocenters. The number of benzene rings is 1. The van der Waals surface area contributed by atoms with Gasteiger partial charge in [-0.05, 0) is 32.9 Å². The van der Waals surface area contributed by atoms with Crippen molar-refractivity contribution in [2.45, 2.75) is 20.8 Å². The topological polar surface area (TPSA) is 85.2 Å². The van der Waals surface area contributed by atoms with Crippen molar-refractivity contribution in [3.63, 3.8) is 0 Å². The van der Waals surface area contributed by atoms with E-state index in [9.17, 15) is 14.0 Å². The Bertz CT molecular complexity index is 786. The van der Waals surface area contributed by atoms with Gasteiger partial charge in [-0.1, -0.05) is 12.1 Å². The van der Waals surface area contributed by atoms with Crippen molar-refractivity contribution in [2.24, 2.45) is 5.41 Å². The van der Waals surface area contributed by atoms with Crippen LogP contribution in [0.2, 0.25) is 0 Å². The number of rotatable bonds is 5. The summed E-state index contributed by atoms with van der Waals surface area (Å²) in [6.45, 7) is 5.15. The van der Waals surface area contributed by atoms with Gasteiger partial charge in [-0.2, -0.15) is 5.10 Å². The lowest BCUT2D eigenvalue weighted by Gasteiger charge is -2.21. The lowest BCUT2D eigenvalue weighted by atomic mass is 9.94. The minimum atomic E-state index is -0.849. The van der Waals surface area contributed by atoms with E-state index < -0.39 is 23.2 Å². The lowest BCUT2D eigenvalue weighted by molar-refractivity contribution is -0.150. The summed E-state index contributed by atoms with van der Waals surface area (Å²) in [5.41, 5.74) is 0.461. The highest BCUT2D eigenvalue weighted by Crippen LogP contribution is 2.20. The number of methoxy groups -OCH3 is 1. The molecule has 0 fully saturated rings. The Kier molecular flexibility index (Phi) is 5.41. The lowest BCUT2D eigenvalue weighted by Crippen LogP contribution is -2.41. The van der Waals surface area contributed by atoms with Crippen LogP contribution in [-0.4, -0.2) is 35.4 Å². The molecule has 0 saturated carbocycles. The number of esters is 1. The molecule has 1 heterocycles. The molecular formula is C17H21FN4O3. The van der Waals surface area contributed by atoms with E-state index in [0.29, 0.717) is 17.1 Å². The Morgan fingerprint density at radius 3 is 2.64 bits per heavy atom. The van der Waals surface area contributed by atoms with Gasteiger partial charge in [0.2, 0.25) is 0 Å². The molecule has 2 rings (SSSR count). The second-order valence-corrected chi connectivity index (χ2v) is 6.19. The number of ether oxygens (including phenoxy) is 1. The summed E-state index contributed by atoms with van der Waals surface area (Å²) in [5.74, 6) is -0.833. The van der Waals surface area contributed by atoms with Gasteiger partial charge in [-0.25, -0.2) is 13.9 Å². The molecule has 0 aliphatic heterocycles. The van der Waals surface area contributed by atoms with Gasteiger partial charge in [0.1, 0.15) is 11.5 Å². The van der Waals surface area contributed by atoms with Crippen molar-refractivity contribution in [1.82, 2.24) is 15.1 Å². The molecular weight excluding hydrogens is 327 g/mol. The molecule has 0 aliphatic rings. The van der Waals surface area contributed by atoms with E-state index >= 15 is 0 Å². The van der Waals surface area contributed by atoms with E-state index in [1.54, 1.807) is 39.0 Å². The summed E-state index contributed by atoms with van der Waals surface area (Å²) in [5, 5.41) is 9.36. The largest absolute Gasteiger partial charge is 0.469 e. The summed E-state index contributed by atoms with van der Waals surface area (Å²) in [7, 11) is 1.30. The first-order chi connectivity index (χ1) is 11.8. The molecule has 7 nitrogen and oxygen atoms in total. The van der Waals surface area contributed by atoms with Gasteiger partial charge in [0.15, 0.2) is 0 Å². The molecule has 1 aromatic heterocycles. The van der Waals surface area contributed by atoms with Gasteiger partial charge >= 0.3 is 12.0 Å². The van der Waals surface area contributed by atoms with Crippen LogP contribution in [-0.2, 0) is 9.53 Å². The fourth-order valence-corrected chi connectivity index (χ4v) is 2.21. The number of halogens is 1. The number of carbonyl (C=O) groups is 2. The van der Waals surface area contributed by atoms with E-state index in [1.807, 2.05) is 0 Å². The Balaban J connectivity index is 2.06. The molecule has 0 saturated heterocycles. The van der Waals surface area contributed by atoms with Gasteiger partial charge in [-0.3, -0.25) is 4.79 Å². The number of hydrogen-bond acceptors (Lipinski definition) is 4. The van der Waals surface area contributed by atoms with E-state index in [1.165, 1.54) is 24.1 Å². The van der Waals surface area contributed by atoms with Crippen LogP contribution in [0.5, 0.6) is 0 Å². The normalized spacial score (nSPS) is 11.1. The van der Waals surface area contributed by atoms with Crippen LogP contribution in [0.15, 0.2) is 30.5 Å². The SMILES string of the molecule is COC(=O)C(C)(C)CNC(=O)Nc1cnn(-c2ccccc2F)c1C. The number of nitrogens with zero attached hydrogens (tertiary/aromatic N) is 2. The maximum Gasteiger partial charge on any atom is 0.319 e. The number of aromatic nitrogens is 2. The van der Waals surface area contributed by atoms with Crippen molar-refractivity contribution >= 4 is 17.7 Å². The van der Waals surface area contributed by atoms with Gasteiger partial charge in [-0.15, -0.1) is 0 Å². The molecule has 0 spiro atoms. The Labute approximate surface area is 145 Å². The van der Waals surface area contributed by atoms with Crippen molar-refractivity contribution in [3.8, 4) is 5.69 Å². The minimum Gasteiger partial charge on any atom is -0.469 e. The third kappa shape index (κ3) is 4.14. The molecule has 0 aliphatic carbocycles. The van der Waals surface area contributed by atoms with Gasteiger partial charge in [0.05, 0.1) is 30.1 Å². The van der Waals surface area contributed by atoms with Crippen LogP contribution in [0.25, 0.3) is 5.69 Å². The summed E-state index contributed by atoms with van der Waals surface area (Å²) in [6.07, 6.45) is 1.44. The molecule has 8 heteroatoms. The molecule has 134 valence electrons. The molecule has 2 aromatic rings. The van der Waals surface area contributed by atoms with Crippen LogP contribution in [0.1, 0.15) is 19.5 Å². The molecule has 0 radical (unpaired) electrons.